The smallest absolute Gasteiger partial charge is 0.166 e. The molecule has 2 aromatic carbocycles. The molecule has 3 rings (SSSR count). The summed E-state index contributed by atoms with van der Waals surface area (Å²) in [4.78, 5) is 12.7. The van der Waals surface area contributed by atoms with E-state index in [9.17, 15) is 4.79 Å². The van der Waals surface area contributed by atoms with Crippen LogP contribution in [-0.2, 0) is 10.3 Å². The molecular formula is C19H19BrO2. The summed E-state index contributed by atoms with van der Waals surface area (Å²) in [5.41, 5.74) is 2.55. The van der Waals surface area contributed by atoms with Crippen LogP contribution in [0, 0.1) is 6.92 Å². The number of hydrogen-bond acceptors (Lipinski definition) is 2. The van der Waals surface area contributed by atoms with Crippen LogP contribution in [0.15, 0.2) is 53.0 Å². The van der Waals surface area contributed by atoms with Gasteiger partial charge < -0.3 is 4.74 Å². The molecule has 2 aromatic rings. The van der Waals surface area contributed by atoms with Gasteiger partial charge in [0.15, 0.2) is 5.78 Å². The van der Waals surface area contributed by atoms with Gasteiger partial charge in [0.1, 0.15) is 5.60 Å². The number of rotatable bonds is 4. The zero-order valence-electron chi connectivity index (χ0n) is 12.6. The topological polar surface area (TPSA) is 26.3 Å². The minimum atomic E-state index is -0.470. The van der Waals surface area contributed by atoms with E-state index in [1.165, 1.54) is 0 Å². The average molecular weight is 359 g/mol. The maximum absolute atomic E-state index is 12.7. The Balaban J connectivity index is 1.87. The van der Waals surface area contributed by atoms with E-state index in [-0.39, 0.29) is 5.78 Å². The van der Waals surface area contributed by atoms with Crippen molar-refractivity contribution >= 4 is 21.7 Å². The minimum Gasteiger partial charge on any atom is -0.370 e. The lowest BCUT2D eigenvalue weighted by Gasteiger charge is -2.28. The first-order chi connectivity index (χ1) is 10.6. The molecule has 1 saturated heterocycles. The number of carbonyl (C=O) groups excluding carboxylic acids is 1. The van der Waals surface area contributed by atoms with Crippen molar-refractivity contribution in [1.29, 1.82) is 0 Å². The lowest BCUT2D eigenvalue weighted by molar-refractivity contribution is -0.00324. The van der Waals surface area contributed by atoms with Gasteiger partial charge in [0.25, 0.3) is 0 Å². The third-order valence-electron chi connectivity index (χ3n) is 4.29. The Bertz CT molecular complexity index is 653. The average Bonchev–Trinajstić information content (AvgIpc) is 2.98. The Kier molecular flexibility index (Phi) is 4.46. The van der Waals surface area contributed by atoms with Crippen molar-refractivity contribution in [2.75, 3.05) is 6.61 Å². The summed E-state index contributed by atoms with van der Waals surface area (Å²) in [6.45, 7) is 2.74. The van der Waals surface area contributed by atoms with Crippen molar-refractivity contribution in [2.24, 2.45) is 0 Å². The molecule has 1 fully saturated rings. The van der Waals surface area contributed by atoms with E-state index in [0.29, 0.717) is 6.42 Å². The number of carbonyl (C=O) groups is 1. The Labute approximate surface area is 139 Å². The summed E-state index contributed by atoms with van der Waals surface area (Å²) < 4.78 is 7.08. The Morgan fingerprint density at radius 3 is 2.41 bits per heavy atom. The molecular weight excluding hydrogens is 340 g/mol. The molecule has 2 nitrogen and oxygen atoms in total. The van der Waals surface area contributed by atoms with Crippen LogP contribution in [0.3, 0.4) is 0 Å². The molecule has 3 heteroatoms. The molecule has 0 bridgehead atoms. The van der Waals surface area contributed by atoms with Gasteiger partial charge in [-0.1, -0.05) is 57.9 Å². The van der Waals surface area contributed by atoms with Crippen LogP contribution in [0.2, 0.25) is 0 Å². The monoisotopic (exact) mass is 358 g/mol. The molecule has 0 spiro atoms. The second-order valence-electron chi connectivity index (χ2n) is 5.92. The summed E-state index contributed by atoms with van der Waals surface area (Å²) in [5.74, 6) is 0.143. The predicted octanol–water partition coefficient (Wildman–Crippen LogP) is 5.04. The summed E-state index contributed by atoms with van der Waals surface area (Å²) in [6, 6.07) is 15.9. The number of ether oxygens (including phenoxy) is 1. The highest BCUT2D eigenvalue weighted by Crippen LogP contribution is 2.40. The quantitative estimate of drug-likeness (QED) is 0.715. The predicted molar refractivity (Wildman–Crippen MR) is 91.1 cm³/mol. The minimum absolute atomic E-state index is 0.143. The van der Waals surface area contributed by atoms with E-state index < -0.39 is 5.60 Å². The van der Waals surface area contributed by atoms with Gasteiger partial charge in [-0.25, -0.2) is 0 Å². The van der Waals surface area contributed by atoms with Gasteiger partial charge in [0, 0.05) is 23.1 Å². The molecule has 114 valence electrons. The van der Waals surface area contributed by atoms with Crippen LogP contribution in [0.25, 0.3) is 0 Å². The van der Waals surface area contributed by atoms with E-state index in [0.717, 1.165) is 40.6 Å². The Hall–Kier alpha value is -1.45. The molecule has 0 radical (unpaired) electrons. The third kappa shape index (κ3) is 3.16. The van der Waals surface area contributed by atoms with E-state index in [4.69, 9.17) is 4.74 Å². The number of hydrogen-bond donors (Lipinski definition) is 0. The summed E-state index contributed by atoms with van der Waals surface area (Å²) in [7, 11) is 0. The zero-order valence-corrected chi connectivity index (χ0v) is 14.2. The largest absolute Gasteiger partial charge is 0.370 e. The van der Waals surface area contributed by atoms with Crippen molar-refractivity contribution in [1.82, 2.24) is 0 Å². The Morgan fingerprint density at radius 1 is 1.14 bits per heavy atom. The normalized spacial score (nSPS) is 21.0. The standard InChI is InChI=1S/C19H19BrO2/c1-14-3-5-15(6-4-14)18(21)13-19(11-2-12-22-19)16-7-9-17(20)10-8-16/h3-10H,2,11-13H2,1H3. The number of halogens is 1. The van der Waals surface area contributed by atoms with Crippen LogP contribution >= 0.6 is 15.9 Å². The summed E-state index contributed by atoms with van der Waals surface area (Å²) in [5, 5.41) is 0. The molecule has 1 unspecified atom stereocenters. The van der Waals surface area contributed by atoms with Crippen molar-refractivity contribution < 1.29 is 9.53 Å². The number of ketones is 1. The van der Waals surface area contributed by atoms with Crippen molar-refractivity contribution in [3.63, 3.8) is 0 Å². The second-order valence-corrected chi connectivity index (χ2v) is 6.83. The SMILES string of the molecule is Cc1ccc(C(=O)CC2(c3ccc(Br)cc3)CCCO2)cc1. The van der Waals surface area contributed by atoms with Gasteiger partial charge in [-0.2, -0.15) is 0 Å². The van der Waals surface area contributed by atoms with E-state index in [2.05, 4.69) is 28.1 Å². The lowest BCUT2D eigenvalue weighted by Crippen LogP contribution is -2.28. The molecule has 0 amide bonds. The zero-order chi connectivity index (χ0) is 15.6. The van der Waals surface area contributed by atoms with Gasteiger partial charge in [-0.05, 0) is 37.5 Å². The molecule has 0 saturated carbocycles. The molecule has 1 heterocycles. The lowest BCUT2D eigenvalue weighted by atomic mass is 9.84. The first kappa shape index (κ1) is 15.4. The molecule has 1 aliphatic heterocycles. The highest BCUT2D eigenvalue weighted by atomic mass is 79.9. The van der Waals surface area contributed by atoms with E-state index >= 15 is 0 Å². The van der Waals surface area contributed by atoms with Crippen molar-refractivity contribution in [2.45, 2.75) is 31.8 Å². The molecule has 22 heavy (non-hydrogen) atoms. The first-order valence-corrected chi connectivity index (χ1v) is 8.38. The van der Waals surface area contributed by atoms with Crippen LogP contribution in [-0.4, -0.2) is 12.4 Å². The highest BCUT2D eigenvalue weighted by molar-refractivity contribution is 9.10. The number of aryl methyl sites for hydroxylation is 1. The molecule has 1 aliphatic rings. The van der Waals surface area contributed by atoms with Gasteiger partial charge in [0.2, 0.25) is 0 Å². The summed E-state index contributed by atoms with van der Waals surface area (Å²) in [6.07, 6.45) is 2.29. The maximum atomic E-state index is 12.7. The molecule has 0 aliphatic carbocycles. The molecule has 0 aromatic heterocycles. The third-order valence-corrected chi connectivity index (χ3v) is 4.82. The maximum Gasteiger partial charge on any atom is 0.166 e. The fraction of sp³-hybridized carbons (Fsp3) is 0.316. The first-order valence-electron chi connectivity index (χ1n) is 7.59. The summed E-state index contributed by atoms with van der Waals surface area (Å²) >= 11 is 3.46. The van der Waals surface area contributed by atoms with Gasteiger partial charge >= 0.3 is 0 Å². The van der Waals surface area contributed by atoms with Gasteiger partial charge in [-0.15, -0.1) is 0 Å². The van der Waals surface area contributed by atoms with E-state index in [1.807, 2.05) is 43.3 Å². The highest BCUT2D eigenvalue weighted by Gasteiger charge is 2.39. The van der Waals surface area contributed by atoms with Gasteiger partial charge in [-0.3, -0.25) is 4.79 Å². The number of Topliss-reactive ketones (excluding diaryl/α,β-unsaturated/α-hetero) is 1. The fourth-order valence-electron chi connectivity index (χ4n) is 3.02. The van der Waals surface area contributed by atoms with Crippen LogP contribution < -0.4 is 0 Å². The van der Waals surface area contributed by atoms with Crippen molar-refractivity contribution in [3.8, 4) is 0 Å². The van der Waals surface area contributed by atoms with Crippen molar-refractivity contribution in [3.05, 3.63) is 69.7 Å². The number of benzene rings is 2. The fourth-order valence-corrected chi connectivity index (χ4v) is 3.29. The molecule has 1 atom stereocenters. The van der Waals surface area contributed by atoms with Crippen LogP contribution in [0.1, 0.15) is 40.7 Å². The second kappa shape index (κ2) is 6.35. The van der Waals surface area contributed by atoms with Crippen LogP contribution in [0.4, 0.5) is 0 Å². The van der Waals surface area contributed by atoms with E-state index in [1.54, 1.807) is 0 Å². The Morgan fingerprint density at radius 2 is 1.82 bits per heavy atom. The van der Waals surface area contributed by atoms with Crippen LogP contribution in [0.5, 0.6) is 0 Å². The van der Waals surface area contributed by atoms with Gasteiger partial charge in [0.05, 0.1) is 0 Å². The molecule has 0 N–H and O–H groups in total.